The van der Waals surface area contributed by atoms with E-state index in [9.17, 15) is 18.0 Å². The summed E-state index contributed by atoms with van der Waals surface area (Å²) in [6, 6.07) is 5.21. The number of carbonyl (C=O) groups is 1. The first-order valence-corrected chi connectivity index (χ1v) is 8.85. The SMILES string of the molecule is C[C@H]1CNCCN1C(=O)Cc1csc(-c2cccc(C(F)(F)F)c2)n1.Cl.Cl. The van der Waals surface area contributed by atoms with Crippen LogP contribution in [0.5, 0.6) is 0 Å². The Kier molecular flexibility index (Phi) is 8.53. The third-order valence-corrected chi connectivity index (χ3v) is 5.08. The van der Waals surface area contributed by atoms with Crippen molar-refractivity contribution in [3.63, 3.8) is 0 Å². The van der Waals surface area contributed by atoms with E-state index in [2.05, 4.69) is 10.3 Å². The smallest absolute Gasteiger partial charge is 0.337 e. The molecule has 0 unspecified atom stereocenters. The van der Waals surface area contributed by atoms with Crippen molar-refractivity contribution in [2.75, 3.05) is 19.6 Å². The number of halogens is 5. The standard InChI is InChI=1S/C17H18F3N3OS.2ClH/c1-11-9-21-5-6-23(11)15(24)8-14-10-25-16(22-14)12-3-2-4-13(7-12)17(18,19)20;;/h2-4,7,10-11,21H,5-6,8-9H2,1H3;2*1H/t11-;;/m0../s1. The number of aromatic nitrogens is 1. The lowest BCUT2D eigenvalue weighted by atomic mass is 10.1. The van der Waals surface area contributed by atoms with Gasteiger partial charge in [-0.2, -0.15) is 13.2 Å². The molecule has 1 aromatic carbocycles. The lowest BCUT2D eigenvalue weighted by Gasteiger charge is -2.33. The molecule has 0 radical (unpaired) electrons. The highest BCUT2D eigenvalue weighted by Crippen LogP contribution is 2.33. The highest BCUT2D eigenvalue weighted by Gasteiger charge is 2.30. The Labute approximate surface area is 172 Å². The van der Waals surface area contributed by atoms with E-state index in [0.717, 1.165) is 25.2 Å². The third kappa shape index (κ3) is 5.81. The molecule has 1 fully saturated rings. The molecule has 1 amide bonds. The van der Waals surface area contributed by atoms with Crippen molar-refractivity contribution in [3.05, 3.63) is 40.9 Å². The summed E-state index contributed by atoms with van der Waals surface area (Å²) in [5.41, 5.74) is 0.301. The number of hydrogen-bond acceptors (Lipinski definition) is 4. The minimum Gasteiger partial charge on any atom is -0.337 e. The Balaban J connectivity index is 0.00000182. The van der Waals surface area contributed by atoms with E-state index in [-0.39, 0.29) is 43.2 Å². The quantitative estimate of drug-likeness (QED) is 0.781. The number of hydrogen-bond donors (Lipinski definition) is 1. The molecule has 0 bridgehead atoms. The fourth-order valence-electron chi connectivity index (χ4n) is 2.82. The maximum atomic E-state index is 12.8. The van der Waals surface area contributed by atoms with Crippen molar-refractivity contribution in [3.8, 4) is 10.6 Å². The van der Waals surface area contributed by atoms with Gasteiger partial charge in [0.05, 0.1) is 17.7 Å². The van der Waals surface area contributed by atoms with E-state index in [4.69, 9.17) is 0 Å². The van der Waals surface area contributed by atoms with E-state index < -0.39 is 11.7 Å². The van der Waals surface area contributed by atoms with Gasteiger partial charge in [0.2, 0.25) is 5.91 Å². The monoisotopic (exact) mass is 441 g/mol. The Hall–Kier alpha value is -1.35. The summed E-state index contributed by atoms with van der Waals surface area (Å²) in [5, 5.41) is 5.45. The van der Waals surface area contributed by atoms with Crippen LogP contribution in [0.2, 0.25) is 0 Å². The zero-order valence-corrected chi connectivity index (χ0v) is 16.9. The molecule has 1 aliphatic heterocycles. The topological polar surface area (TPSA) is 45.2 Å². The summed E-state index contributed by atoms with van der Waals surface area (Å²) in [6.45, 7) is 4.17. The summed E-state index contributed by atoms with van der Waals surface area (Å²) >= 11 is 1.25. The van der Waals surface area contributed by atoms with E-state index >= 15 is 0 Å². The molecule has 1 aromatic heterocycles. The second-order valence-corrected chi connectivity index (χ2v) is 6.90. The molecule has 3 rings (SSSR count). The number of thiazole rings is 1. The van der Waals surface area contributed by atoms with Crippen LogP contribution in [0.1, 0.15) is 18.2 Å². The van der Waals surface area contributed by atoms with Crippen LogP contribution in [0.4, 0.5) is 13.2 Å². The number of benzene rings is 1. The van der Waals surface area contributed by atoms with Gasteiger partial charge in [0.1, 0.15) is 5.01 Å². The molecule has 2 heterocycles. The Morgan fingerprint density at radius 2 is 2.11 bits per heavy atom. The van der Waals surface area contributed by atoms with Gasteiger partial charge in [-0.25, -0.2) is 4.98 Å². The van der Waals surface area contributed by atoms with Gasteiger partial charge in [0.25, 0.3) is 0 Å². The van der Waals surface area contributed by atoms with Crippen molar-refractivity contribution in [2.24, 2.45) is 0 Å². The zero-order valence-electron chi connectivity index (χ0n) is 14.5. The van der Waals surface area contributed by atoms with Gasteiger partial charge in [-0.15, -0.1) is 36.2 Å². The van der Waals surface area contributed by atoms with Crippen molar-refractivity contribution < 1.29 is 18.0 Å². The van der Waals surface area contributed by atoms with Crippen molar-refractivity contribution in [1.29, 1.82) is 0 Å². The maximum absolute atomic E-state index is 12.8. The van der Waals surface area contributed by atoms with Gasteiger partial charge < -0.3 is 10.2 Å². The Morgan fingerprint density at radius 3 is 2.78 bits per heavy atom. The number of piperazine rings is 1. The maximum Gasteiger partial charge on any atom is 0.416 e. The molecule has 1 N–H and O–H groups in total. The van der Waals surface area contributed by atoms with Gasteiger partial charge in [-0.1, -0.05) is 12.1 Å². The molecule has 1 saturated heterocycles. The molecular formula is C17H20Cl2F3N3OS. The van der Waals surface area contributed by atoms with Gasteiger partial charge in [-0.3, -0.25) is 4.79 Å². The fourth-order valence-corrected chi connectivity index (χ4v) is 3.63. The number of rotatable bonds is 3. The van der Waals surface area contributed by atoms with Crippen molar-refractivity contribution in [1.82, 2.24) is 15.2 Å². The summed E-state index contributed by atoms with van der Waals surface area (Å²) in [7, 11) is 0. The molecule has 1 aliphatic rings. The summed E-state index contributed by atoms with van der Waals surface area (Å²) in [5.74, 6) is -0.00473. The Bertz CT molecular complexity index is 770. The number of amides is 1. The predicted octanol–water partition coefficient (Wildman–Crippen LogP) is 4.04. The lowest BCUT2D eigenvalue weighted by molar-refractivity contribution is -0.137. The molecule has 0 aliphatic carbocycles. The van der Waals surface area contributed by atoms with Crippen LogP contribution in [0, 0.1) is 0 Å². The highest BCUT2D eigenvalue weighted by molar-refractivity contribution is 7.13. The molecular weight excluding hydrogens is 422 g/mol. The van der Waals surface area contributed by atoms with Crippen LogP contribution in [0.25, 0.3) is 10.6 Å². The van der Waals surface area contributed by atoms with E-state index in [0.29, 0.717) is 22.8 Å². The van der Waals surface area contributed by atoms with Gasteiger partial charge in [0.15, 0.2) is 0 Å². The van der Waals surface area contributed by atoms with Crippen LogP contribution in [-0.4, -0.2) is 41.5 Å². The summed E-state index contributed by atoms with van der Waals surface area (Å²) in [4.78, 5) is 18.6. The first kappa shape index (κ1) is 23.7. The number of nitrogens with zero attached hydrogens (tertiary/aromatic N) is 2. The average molecular weight is 442 g/mol. The first-order chi connectivity index (χ1) is 11.8. The third-order valence-electron chi connectivity index (χ3n) is 4.14. The zero-order chi connectivity index (χ0) is 18.0. The fraction of sp³-hybridized carbons (Fsp3) is 0.412. The molecule has 1 atom stereocenters. The van der Waals surface area contributed by atoms with E-state index in [1.165, 1.54) is 17.4 Å². The van der Waals surface area contributed by atoms with Crippen LogP contribution in [-0.2, 0) is 17.4 Å². The van der Waals surface area contributed by atoms with Crippen LogP contribution in [0.3, 0.4) is 0 Å². The Morgan fingerprint density at radius 1 is 1.37 bits per heavy atom. The van der Waals surface area contributed by atoms with Gasteiger partial charge >= 0.3 is 6.18 Å². The van der Waals surface area contributed by atoms with Crippen LogP contribution in [0.15, 0.2) is 29.6 Å². The second-order valence-electron chi connectivity index (χ2n) is 6.04. The van der Waals surface area contributed by atoms with Crippen molar-refractivity contribution >= 4 is 42.1 Å². The van der Waals surface area contributed by atoms with E-state index in [1.807, 2.05) is 11.8 Å². The molecule has 150 valence electrons. The molecule has 2 aromatic rings. The average Bonchev–Trinajstić information content (AvgIpc) is 3.03. The molecule has 27 heavy (non-hydrogen) atoms. The molecule has 10 heteroatoms. The lowest BCUT2D eigenvalue weighted by Crippen LogP contribution is -2.52. The van der Waals surface area contributed by atoms with E-state index in [1.54, 1.807) is 11.4 Å². The molecule has 0 spiro atoms. The predicted molar refractivity (Wildman–Crippen MR) is 105 cm³/mol. The second kappa shape index (κ2) is 9.73. The normalized spacial score (nSPS) is 17.0. The largest absolute Gasteiger partial charge is 0.416 e. The summed E-state index contributed by atoms with van der Waals surface area (Å²) in [6.07, 6.45) is -4.22. The van der Waals surface area contributed by atoms with Crippen LogP contribution < -0.4 is 5.32 Å². The number of nitrogens with one attached hydrogen (secondary N) is 1. The minimum atomic E-state index is -4.38. The molecule has 0 saturated carbocycles. The summed E-state index contributed by atoms with van der Waals surface area (Å²) < 4.78 is 38.5. The minimum absolute atomic E-state index is 0. The number of alkyl halides is 3. The van der Waals surface area contributed by atoms with Crippen LogP contribution >= 0.6 is 36.2 Å². The first-order valence-electron chi connectivity index (χ1n) is 7.97. The number of carbonyl (C=O) groups excluding carboxylic acids is 1. The van der Waals surface area contributed by atoms with Crippen molar-refractivity contribution in [2.45, 2.75) is 25.6 Å². The molecule has 4 nitrogen and oxygen atoms in total. The highest BCUT2D eigenvalue weighted by atomic mass is 35.5. The van der Waals surface area contributed by atoms with Gasteiger partial charge in [0, 0.05) is 36.6 Å². The van der Waals surface area contributed by atoms with Gasteiger partial charge in [-0.05, 0) is 19.1 Å².